The van der Waals surface area contributed by atoms with Crippen LogP contribution in [0.25, 0.3) is 5.69 Å². The van der Waals surface area contributed by atoms with Crippen LogP contribution in [-0.4, -0.2) is 34.8 Å². The number of hydrogen-bond donors (Lipinski definition) is 1. The third-order valence-electron chi connectivity index (χ3n) is 4.37. The van der Waals surface area contributed by atoms with E-state index >= 15 is 0 Å². The molecule has 146 valence electrons. The number of nitrogens with zero attached hydrogens (tertiary/aromatic N) is 4. The zero-order valence-corrected chi connectivity index (χ0v) is 17.2. The molecule has 0 aliphatic heterocycles. The van der Waals surface area contributed by atoms with Gasteiger partial charge in [0, 0.05) is 31.9 Å². The summed E-state index contributed by atoms with van der Waals surface area (Å²) in [7, 11) is 3.88. The van der Waals surface area contributed by atoms with Gasteiger partial charge in [-0.25, -0.2) is 9.67 Å². The van der Waals surface area contributed by atoms with Crippen molar-refractivity contribution in [1.82, 2.24) is 20.1 Å². The zero-order valence-electron chi connectivity index (χ0n) is 16.5. The van der Waals surface area contributed by atoms with Gasteiger partial charge in [-0.3, -0.25) is 4.79 Å². The van der Waals surface area contributed by atoms with Crippen molar-refractivity contribution in [3.05, 3.63) is 70.6 Å². The van der Waals surface area contributed by atoms with Crippen LogP contribution in [0.2, 0.25) is 5.02 Å². The molecule has 0 saturated heterocycles. The Morgan fingerprint density at radius 2 is 2.00 bits per heavy atom. The minimum atomic E-state index is -0.159. The van der Waals surface area contributed by atoms with Gasteiger partial charge in [-0.05, 0) is 35.7 Å². The minimum Gasteiger partial charge on any atom is -0.363 e. The molecule has 28 heavy (non-hydrogen) atoms. The molecule has 2 aromatic heterocycles. The number of pyridine rings is 1. The van der Waals surface area contributed by atoms with Crippen LogP contribution in [-0.2, 0) is 6.54 Å². The summed E-state index contributed by atoms with van der Waals surface area (Å²) in [5.74, 6) is 0.830. The predicted molar refractivity (Wildman–Crippen MR) is 112 cm³/mol. The van der Waals surface area contributed by atoms with Crippen molar-refractivity contribution in [3.63, 3.8) is 0 Å². The molecule has 0 radical (unpaired) electrons. The molecule has 0 unspecified atom stereocenters. The lowest BCUT2D eigenvalue weighted by molar-refractivity contribution is 0.0949. The van der Waals surface area contributed by atoms with E-state index in [2.05, 4.69) is 15.4 Å². The van der Waals surface area contributed by atoms with E-state index in [0.717, 1.165) is 22.8 Å². The average molecular weight is 398 g/mol. The summed E-state index contributed by atoms with van der Waals surface area (Å²) in [4.78, 5) is 19.1. The van der Waals surface area contributed by atoms with Crippen molar-refractivity contribution in [2.75, 3.05) is 19.0 Å². The molecule has 3 rings (SSSR count). The molecular weight excluding hydrogens is 374 g/mol. The first-order valence-corrected chi connectivity index (χ1v) is 9.49. The zero-order chi connectivity index (χ0) is 20.3. The lowest BCUT2D eigenvalue weighted by atomic mass is 10.0. The molecule has 6 nitrogen and oxygen atoms in total. The lowest BCUT2D eigenvalue weighted by Crippen LogP contribution is -2.24. The fourth-order valence-electron chi connectivity index (χ4n) is 2.97. The molecule has 2 heterocycles. The van der Waals surface area contributed by atoms with Gasteiger partial charge in [-0.1, -0.05) is 37.6 Å². The second-order valence-corrected chi connectivity index (χ2v) is 7.53. The second kappa shape index (κ2) is 8.44. The Hall–Kier alpha value is -2.86. The van der Waals surface area contributed by atoms with E-state index in [1.54, 1.807) is 17.1 Å². The fourth-order valence-corrected chi connectivity index (χ4v) is 3.15. The molecule has 1 aromatic carbocycles. The Kier molecular flexibility index (Phi) is 5.99. The second-order valence-electron chi connectivity index (χ2n) is 7.09. The summed E-state index contributed by atoms with van der Waals surface area (Å²) in [6.45, 7) is 4.48. The van der Waals surface area contributed by atoms with Gasteiger partial charge >= 0.3 is 0 Å². The Bertz CT molecular complexity index is 963. The largest absolute Gasteiger partial charge is 0.363 e. The van der Waals surface area contributed by atoms with E-state index in [9.17, 15) is 4.79 Å². The molecule has 0 fully saturated rings. The van der Waals surface area contributed by atoms with E-state index in [4.69, 9.17) is 11.6 Å². The summed E-state index contributed by atoms with van der Waals surface area (Å²) >= 11 is 6.11. The van der Waals surface area contributed by atoms with Gasteiger partial charge in [0.2, 0.25) is 0 Å². The first-order chi connectivity index (χ1) is 13.4. The number of carbonyl (C=O) groups is 1. The van der Waals surface area contributed by atoms with Crippen LogP contribution in [0, 0.1) is 0 Å². The number of halogens is 1. The standard InChI is InChI=1S/C21H24ClN5O/c1-14(2)20-18(13-25-27(20)17-7-5-6-16(22)10-17)21(28)24-12-15-8-9-19(23-11-15)26(3)4/h5-11,13-14H,12H2,1-4H3,(H,24,28). The predicted octanol–water partition coefficient (Wildman–Crippen LogP) is 4.04. The van der Waals surface area contributed by atoms with Crippen molar-refractivity contribution in [2.24, 2.45) is 0 Å². The SMILES string of the molecule is CC(C)c1c(C(=O)NCc2ccc(N(C)C)nc2)cnn1-c1cccc(Cl)c1. The Morgan fingerprint density at radius 3 is 2.61 bits per heavy atom. The van der Waals surface area contributed by atoms with E-state index in [1.807, 2.05) is 69.2 Å². The molecule has 1 N–H and O–H groups in total. The van der Waals surface area contributed by atoms with Gasteiger partial charge in [0.25, 0.3) is 5.91 Å². The van der Waals surface area contributed by atoms with E-state index < -0.39 is 0 Å². The number of amides is 1. The highest BCUT2D eigenvalue weighted by atomic mass is 35.5. The van der Waals surface area contributed by atoms with Crippen molar-refractivity contribution in [3.8, 4) is 5.69 Å². The maximum absolute atomic E-state index is 12.8. The third kappa shape index (κ3) is 4.34. The number of benzene rings is 1. The van der Waals surface area contributed by atoms with Gasteiger partial charge < -0.3 is 10.2 Å². The quantitative estimate of drug-likeness (QED) is 0.681. The van der Waals surface area contributed by atoms with E-state index in [0.29, 0.717) is 17.1 Å². The van der Waals surface area contributed by atoms with E-state index in [-0.39, 0.29) is 11.8 Å². The number of nitrogens with one attached hydrogen (secondary N) is 1. The molecule has 0 saturated carbocycles. The maximum atomic E-state index is 12.8. The number of anilines is 1. The van der Waals surface area contributed by atoms with Crippen LogP contribution in [0.4, 0.5) is 5.82 Å². The molecule has 7 heteroatoms. The highest BCUT2D eigenvalue weighted by molar-refractivity contribution is 6.30. The first kappa shape index (κ1) is 19.9. The van der Waals surface area contributed by atoms with Crippen LogP contribution in [0.5, 0.6) is 0 Å². The van der Waals surface area contributed by atoms with Crippen molar-refractivity contribution < 1.29 is 4.79 Å². The van der Waals surface area contributed by atoms with Crippen LogP contribution in [0.15, 0.2) is 48.8 Å². The fraction of sp³-hybridized carbons (Fsp3) is 0.286. The number of rotatable bonds is 6. The van der Waals surface area contributed by atoms with Crippen LogP contribution in [0.3, 0.4) is 0 Å². The molecular formula is C21H24ClN5O. The molecule has 0 spiro atoms. The summed E-state index contributed by atoms with van der Waals surface area (Å²) in [6, 6.07) is 11.3. The van der Waals surface area contributed by atoms with Gasteiger partial charge in [0.15, 0.2) is 0 Å². The molecule has 0 atom stereocenters. The maximum Gasteiger partial charge on any atom is 0.255 e. The Morgan fingerprint density at radius 1 is 1.21 bits per heavy atom. The summed E-state index contributed by atoms with van der Waals surface area (Å²) in [5, 5.41) is 8.03. The van der Waals surface area contributed by atoms with E-state index in [1.165, 1.54) is 0 Å². The van der Waals surface area contributed by atoms with Gasteiger partial charge in [0.1, 0.15) is 5.82 Å². The van der Waals surface area contributed by atoms with Crippen LogP contribution in [0.1, 0.15) is 41.4 Å². The minimum absolute atomic E-state index is 0.114. The Labute approximate surface area is 170 Å². The highest BCUT2D eigenvalue weighted by Gasteiger charge is 2.21. The topological polar surface area (TPSA) is 63.1 Å². The average Bonchev–Trinajstić information content (AvgIpc) is 3.12. The van der Waals surface area contributed by atoms with Gasteiger partial charge in [-0.2, -0.15) is 5.10 Å². The summed E-state index contributed by atoms with van der Waals surface area (Å²) < 4.78 is 1.78. The van der Waals surface area contributed by atoms with Crippen LogP contribution < -0.4 is 10.2 Å². The smallest absolute Gasteiger partial charge is 0.255 e. The van der Waals surface area contributed by atoms with Crippen molar-refractivity contribution in [2.45, 2.75) is 26.3 Å². The summed E-state index contributed by atoms with van der Waals surface area (Å²) in [5.41, 5.74) is 3.18. The van der Waals surface area contributed by atoms with Gasteiger partial charge in [0.05, 0.1) is 23.1 Å². The van der Waals surface area contributed by atoms with Gasteiger partial charge in [-0.15, -0.1) is 0 Å². The number of hydrogen-bond acceptors (Lipinski definition) is 4. The Balaban J connectivity index is 1.80. The molecule has 3 aromatic rings. The molecule has 0 bridgehead atoms. The molecule has 0 aliphatic carbocycles. The molecule has 1 amide bonds. The van der Waals surface area contributed by atoms with Crippen LogP contribution >= 0.6 is 11.6 Å². The number of aromatic nitrogens is 3. The van der Waals surface area contributed by atoms with Crippen molar-refractivity contribution in [1.29, 1.82) is 0 Å². The summed E-state index contributed by atoms with van der Waals surface area (Å²) in [6.07, 6.45) is 3.38. The van der Waals surface area contributed by atoms with Crippen molar-refractivity contribution >= 4 is 23.3 Å². The lowest BCUT2D eigenvalue weighted by Gasteiger charge is -2.14. The number of carbonyl (C=O) groups excluding carboxylic acids is 1. The normalized spacial score (nSPS) is 10.9. The molecule has 0 aliphatic rings. The monoisotopic (exact) mass is 397 g/mol. The first-order valence-electron chi connectivity index (χ1n) is 9.11. The highest BCUT2D eigenvalue weighted by Crippen LogP contribution is 2.24. The third-order valence-corrected chi connectivity index (χ3v) is 4.61.